The molecule has 0 radical (unpaired) electrons. The molecule has 118 valence electrons. The molecule has 0 bridgehead atoms. The third kappa shape index (κ3) is 5.31. The average molecular weight is 294 g/mol. The predicted molar refractivity (Wildman–Crippen MR) is 73.7 cm³/mol. The van der Waals surface area contributed by atoms with Gasteiger partial charge in [-0.05, 0) is 25.7 Å². The quantitative estimate of drug-likeness (QED) is 0.547. The summed E-state index contributed by atoms with van der Waals surface area (Å²) in [5, 5.41) is 15.3. The van der Waals surface area contributed by atoms with Crippen molar-refractivity contribution < 1.29 is 18.3 Å². The molecule has 1 fully saturated rings. The highest BCUT2D eigenvalue weighted by atomic mass is 19.4. The highest BCUT2D eigenvalue weighted by molar-refractivity contribution is 5.69. The Morgan fingerprint density at radius 3 is 2.25 bits per heavy atom. The van der Waals surface area contributed by atoms with Gasteiger partial charge >= 0.3 is 6.18 Å². The van der Waals surface area contributed by atoms with Crippen LogP contribution in [0.2, 0.25) is 0 Å². The topological polar surface area (TPSA) is 35.8 Å². The lowest BCUT2D eigenvalue weighted by Crippen LogP contribution is -2.47. The largest absolute Gasteiger partial charge is 0.422 e. The van der Waals surface area contributed by atoms with Crippen LogP contribution in [-0.4, -0.2) is 41.2 Å². The molecule has 1 N–H and O–H groups in total. The fourth-order valence-corrected chi connectivity index (χ4v) is 2.27. The maximum absolute atomic E-state index is 13.0. The fraction of sp³-hybridized carbons (Fsp3) is 0.929. The number of rotatable bonds is 8. The van der Waals surface area contributed by atoms with Crippen molar-refractivity contribution in [2.24, 2.45) is 5.10 Å². The van der Waals surface area contributed by atoms with Gasteiger partial charge < -0.3 is 5.11 Å². The standard InChI is InChI=1S/C14H25F3N2O/c1-2-3-4-5-6-9-13(20,14(15,16)17)12-18-19-10-7-8-11-19/h12,20H,2-11H2,1H3/b18-12+. The molecule has 1 unspecified atom stereocenters. The number of halogens is 3. The van der Waals surface area contributed by atoms with Crippen LogP contribution in [-0.2, 0) is 0 Å². The number of hydrogen-bond acceptors (Lipinski definition) is 3. The van der Waals surface area contributed by atoms with Gasteiger partial charge in [0.2, 0.25) is 0 Å². The lowest BCUT2D eigenvalue weighted by molar-refractivity contribution is -0.231. The van der Waals surface area contributed by atoms with Crippen molar-refractivity contribution in [3.63, 3.8) is 0 Å². The van der Waals surface area contributed by atoms with E-state index in [1.54, 1.807) is 5.01 Å². The van der Waals surface area contributed by atoms with Crippen molar-refractivity contribution >= 4 is 6.21 Å². The van der Waals surface area contributed by atoms with Crippen LogP contribution in [0.15, 0.2) is 5.10 Å². The van der Waals surface area contributed by atoms with Crippen LogP contribution < -0.4 is 0 Å². The van der Waals surface area contributed by atoms with Crippen LogP contribution in [0, 0.1) is 0 Å². The zero-order valence-electron chi connectivity index (χ0n) is 12.1. The summed E-state index contributed by atoms with van der Waals surface area (Å²) >= 11 is 0. The van der Waals surface area contributed by atoms with Crippen LogP contribution >= 0.6 is 0 Å². The first-order valence-corrected chi connectivity index (χ1v) is 7.48. The Labute approximate surface area is 118 Å². The summed E-state index contributed by atoms with van der Waals surface area (Å²) in [6.07, 6.45) is 1.65. The number of aliphatic hydroxyl groups is 1. The van der Waals surface area contributed by atoms with Crippen LogP contribution in [0.1, 0.15) is 58.3 Å². The number of nitrogens with zero attached hydrogens (tertiary/aromatic N) is 2. The first kappa shape index (κ1) is 17.3. The molecule has 0 spiro atoms. The van der Waals surface area contributed by atoms with Crippen LogP contribution in [0.4, 0.5) is 13.2 Å². The average Bonchev–Trinajstić information content (AvgIpc) is 2.88. The molecule has 0 aromatic carbocycles. The van der Waals surface area contributed by atoms with E-state index in [4.69, 9.17) is 0 Å². The molecule has 0 aromatic rings. The first-order chi connectivity index (χ1) is 9.39. The SMILES string of the molecule is CCCCCCCC(O)(/C=N/N1CCCC1)C(F)(F)F. The number of alkyl halides is 3. The Morgan fingerprint density at radius 2 is 1.70 bits per heavy atom. The maximum Gasteiger partial charge on any atom is 0.422 e. The van der Waals surface area contributed by atoms with Crippen molar-refractivity contribution in [1.29, 1.82) is 0 Å². The summed E-state index contributed by atoms with van der Waals surface area (Å²) in [5.41, 5.74) is -2.79. The van der Waals surface area contributed by atoms with Crippen molar-refractivity contribution in [2.45, 2.75) is 70.1 Å². The molecular formula is C14H25F3N2O. The van der Waals surface area contributed by atoms with Gasteiger partial charge in [0.15, 0.2) is 5.60 Å². The van der Waals surface area contributed by atoms with Gasteiger partial charge in [0, 0.05) is 13.1 Å². The summed E-state index contributed by atoms with van der Waals surface area (Å²) in [7, 11) is 0. The van der Waals surface area contributed by atoms with Gasteiger partial charge in [0.05, 0.1) is 6.21 Å². The molecule has 1 aliphatic rings. The van der Waals surface area contributed by atoms with E-state index in [2.05, 4.69) is 12.0 Å². The highest BCUT2D eigenvalue weighted by Gasteiger charge is 2.52. The fourth-order valence-electron chi connectivity index (χ4n) is 2.27. The van der Waals surface area contributed by atoms with Crippen LogP contribution in [0.25, 0.3) is 0 Å². The lowest BCUT2D eigenvalue weighted by atomic mass is 9.96. The molecule has 1 aliphatic heterocycles. The number of hydrogen-bond donors (Lipinski definition) is 1. The lowest BCUT2D eigenvalue weighted by Gasteiger charge is -2.27. The first-order valence-electron chi connectivity index (χ1n) is 7.48. The van der Waals surface area contributed by atoms with E-state index in [-0.39, 0.29) is 6.42 Å². The van der Waals surface area contributed by atoms with Crippen molar-refractivity contribution in [3.8, 4) is 0 Å². The monoisotopic (exact) mass is 294 g/mol. The highest BCUT2D eigenvalue weighted by Crippen LogP contribution is 2.33. The minimum absolute atomic E-state index is 0.308. The van der Waals surface area contributed by atoms with E-state index < -0.39 is 11.8 Å². The van der Waals surface area contributed by atoms with E-state index >= 15 is 0 Å². The number of unbranched alkanes of at least 4 members (excludes halogenated alkanes) is 4. The maximum atomic E-state index is 13.0. The molecule has 1 heterocycles. The second-order valence-corrected chi connectivity index (χ2v) is 5.49. The van der Waals surface area contributed by atoms with E-state index in [1.807, 2.05) is 0 Å². The molecule has 0 aromatic heterocycles. The Hall–Kier alpha value is -0.780. The summed E-state index contributed by atoms with van der Waals surface area (Å²) in [5.74, 6) is 0. The Bertz CT molecular complexity index is 301. The van der Waals surface area contributed by atoms with Crippen molar-refractivity contribution in [1.82, 2.24) is 5.01 Å². The minimum Gasteiger partial charge on any atom is -0.376 e. The summed E-state index contributed by atoms with van der Waals surface area (Å²) < 4.78 is 39.0. The molecule has 6 heteroatoms. The molecule has 1 rings (SSSR count). The smallest absolute Gasteiger partial charge is 0.376 e. The van der Waals surface area contributed by atoms with Crippen molar-refractivity contribution in [2.75, 3.05) is 13.1 Å². The van der Waals surface area contributed by atoms with Gasteiger partial charge in [-0.25, -0.2) is 0 Å². The molecule has 3 nitrogen and oxygen atoms in total. The van der Waals surface area contributed by atoms with Crippen LogP contribution in [0.3, 0.4) is 0 Å². The zero-order valence-corrected chi connectivity index (χ0v) is 12.1. The predicted octanol–water partition coefficient (Wildman–Crippen LogP) is 3.72. The normalized spacial score (nSPS) is 19.8. The Morgan fingerprint density at radius 1 is 1.10 bits per heavy atom. The van der Waals surface area contributed by atoms with E-state index in [0.29, 0.717) is 32.1 Å². The molecule has 0 amide bonds. The van der Waals surface area contributed by atoms with E-state index in [9.17, 15) is 18.3 Å². The van der Waals surface area contributed by atoms with Crippen molar-refractivity contribution in [3.05, 3.63) is 0 Å². The van der Waals surface area contributed by atoms with Gasteiger partial charge in [-0.2, -0.15) is 18.3 Å². The molecular weight excluding hydrogens is 269 g/mol. The second-order valence-electron chi connectivity index (χ2n) is 5.49. The zero-order chi connectivity index (χ0) is 15.1. The Kier molecular flexibility index (Phi) is 6.79. The molecule has 0 aliphatic carbocycles. The van der Waals surface area contributed by atoms with Gasteiger partial charge in [-0.1, -0.05) is 32.6 Å². The Balaban J connectivity index is 2.52. The van der Waals surface area contributed by atoms with Gasteiger partial charge in [-0.3, -0.25) is 5.01 Å². The molecule has 1 atom stereocenters. The van der Waals surface area contributed by atoms with Gasteiger partial charge in [-0.15, -0.1) is 0 Å². The summed E-state index contributed by atoms with van der Waals surface area (Å²) in [6, 6.07) is 0. The molecule has 0 saturated carbocycles. The third-order valence-corrected chi connectivity index (χ3v) is 3.67. The van der Waals surface area contributed by atoms with Gasteiger partial charge in [0.25, 0.3) is 0 Å². The molecule has 1 saturated heterocycles. The second kappa shape index (κ2) is 7.86. The third-order valence-electron chi connectivity index (χ3n) is 3.67. The summed E-state index contributed by atoms with van der Waals surface area (Å²) in [6.45, 7) is 3.39. The molecule has 20 heavy (non-hydrogen) atoms. The number of hydrazone groups is 1. The van der Waals surface area contributed by atoms with E-state index in [1.165, 1.54) is 0 Å². The minimum atomic E-state index is -4.67. The van der Waals surface area contributed by atoms with E-state index in [0.717, 1.165) is 32.1 Å². The van der Waals surface area contributed by atoms with Gasteiger partial charge in [0.1, 0.15) is 0 Å². The van der Waals surface area contributed by atoms with Crippen LogP contribution in [0.5, 0.6) is 0 Å². The summed E-state index contributed by atoms with van der Waals surface area (Å²) in [4.78, 5) is 0.